The fraction of sp³-hybridized carbons (Fsp3) is 0.350. The molecule has 0 spiro atoms. The Morgan fingerprint density at radius 3 is 2.44 bits per heavy atom. The lowest BCUT2D eigenvalue weighted by Crippen LogP contribution is -2.34. The van der Waals surface area contributed by atoms with Gasteiger partial charge in [-0.1, -0.05) is 31.2 Å². The maximum Gasteiger partial charge on any atom is 0.252 e. The molecule has 0 fully saturated rings. The number of nitrogens with zero attached hydrogens (tertiary/aromatic N) is 1. The number of methoxy groups -OCH3 is 1. The van der Waals surface area contributed by atoms with E-state index >= 15 is 0 Å². The summed E-state index contributed by atoms with van der Waals surface area (Å²) in [6.07, 6.45) is 1.02. The first-order chi connectivity index (χ1) is 12.0. The highest BCUT2D eigenvalue weighted by Crippen LogP contribution is 2.23. The first kappa shape index (κ1) is 19.5. The molecule has 5 heteroatoms. The van der Waals surface area contributed by atoms with E-state index in [2.05, 4.69) is 57.3 Å². The van der Waals surface area contributed by atoms with Gasteiger partial charge >= 0.3 is 0 Å². The molecule has 1 amide bonds. The number of hydrogen-bond acceptors (Lipinski definition) is 3. The normalized spacial score (nSPS) is 12.1. The molecule has 1 unspecified atom stereocenters. The Balaban J connectivity index is 2.11. The molecule has 2 aromatic carbocycles. The van der Waals surface area contributed by atoms with Gasteiger partial charge in [-0.15, -0.1) is 0 Å². The molecular formula is C20H25BrN2O2. The van der Waals surface area contributed by atoms with Gasteiger partial charge in [-0.2, -0.15) is 0 Å². The molecule has 0 aliphatic rings. The second-order valence-electron chi connectivity index (χ2n) is 6.13. The van der Waals surface area contributed by atoms with Gasteiger partial charge in [-0.05, 0) is 65.8 Å². The van der Waals surface area contributed by atoms with Crippen LogP contribution in [-0.2, 0) is 6.42 Å². The van der Waals surface area contributed by atoms with Crippen molar-refractivity contribution in [1.29, 1.82) is 0 Å². The predicted molar refractivity (Wildman–Crippen MR) is 105 cm³/mol. The van der Waals surface area contributed by atoms with Gasteiger partial charge in [0.1, 0.15) is 5.75 Å². The van der Waals surface area contributed by atoms with Gasteiger partial charge in [-0.25, -0.2) is 0 Å². The number of carbonyl (C=O) groups is 1. The Bertz CT molecular complexity index is 714. The summed E-state index contributed by atoms with van der Waals surface area (Å²) in [5.41, 5.74) is 3.07. The van der Waals surface area contributed by atoms with Crippen LogP contribution in [0.25, 0.3) is 0 Å². The van der Waals surface area contributed by atoms with E-state index < -0.39 is 0 Å². The Kier molecular flexibility index (Phi) is 7.02. The van der Waals surface area contributed by atoms with Crippen molar-refractivity contribution in [1.82, 2.24) is 10.2 Å². The number of rotatable bonds is 7. The molecule has 25 heavy (non-hydrogen) atoms. The van der Waals surface area contributed by atoms with Gasteiger partial charge in [-0.3, -0.25) is 4.79 Å². The first-order valence-electron chi connectivity index (χ1n) is 8.33. The van der Waals surface area contributed by atoms with Gasteiger partial charge in [0, 0.05) is 11.0 Å². The fourth-order valence-corrected chi connectivity index (χ4v) is 3.09. The highest BCUT2D eigenvalue weighted by Gasteiger charge is 2.17. The third-order valence-corrected chi connectivity index (χ3v) is 4.96. The number of hydrogen-bond donors (Lipinski definition) is 1. The summed E-state index contributed by atoms with van der Waals surface area (Å²) < 4.78 is 5.96. The van der Waals surface area contributed by atoms with E-state index in [4.69, 9.17) is 4.74 Å². The molecule has 0 heterocycles. The minimum absolute atomic E-state index is 0.110. The minimum atomic E-state index is -0.122. The van der Waals surface area contributed by atoms with Gasteiger partial charge in [0.15, 0.2) is 0 Å². The Morgan fingerprint density at radius 1 is 1.20 bits per heavy atom. The standard InChI is InChI=1S/C20H25BrN2O2/c1-5-14-6-8-15(9-7-14)19(23(2)3)13-22-20(24)17-12-16(25-4)10-11-18(17)21/h6-12,19H,5,13H2,1-4H3,(H,22,24). The van der Waals surface area contributed by atoms with Crippen LogP contribution in [0, 0.1) is 0 Å². The Morgan fingerprint density at radius 2 is 1.88 bits per heavy atom. The van der Waals surface area contributed by atoms with Crippen molar-refractivity contribution in [2.45, 2.75) is 19.4 Å². The van der Waals surface area contributed by atoms with E-state index in [-0.39, 0.29) is 11.9 Å². The SMILES string of the molecule is CCc1ccc(C(CNC(=O)c2cc(OC)ccc2Br)N(C)C)cc1. The minimum Gasteiger partial charge on any atom is -0.497 e. The van der Waals surface area contributed by atoms with E-state index in [0.717, 1.165) is 10.9 Å². The summed E-state index contributed by atoms with van der Waals surface area (Å²) in [6, 6.07) is 14.0. The lowest BCUT2D eigenvalue weighted by Gasteiger charge is -2.25. The molecule has 2 aromatic rings. The fourth-order valence-electron chi connectivity index (χ4n) is 2.66. The van der Waals surface area contributed by atoms with Crippen molar-refractivity contribution < 1.29 is 9.53 Å². The number of ether oxygens (including phenoxy) is 1. The third kappa shape index (κ3) is 5.06. The number of halogens is 1. The zero-order valence-electron chi connectivity index (χ0n) is 15.2. The van der Waals surface area contributed by atoms with Crippen molar-refractivity contribution in [2.24, 2.45) is 0 Å². The summed E-state index contributed by atoms with van der Waals surface area (Å²) in [7, 11) is 5.63. The van der Waals surface area contributed by atoms with Gasteiger partial charge < -0.3 is 15.0 Å². The molecule has 1 N–H and O–H groups in total. The number of nitrogens with one attached hydrogen (secondary N) is 1. The number of carbonyl (C=O) groups excluding carboxylic acids is 1. The molecule has 0 saturated carbocycles. The predicted octanol–water partition coefficient (Wildman–Crippen LogP) is 4.05. The number of likely N-dealkylation sites (N-methyl/N-ethyl adjacent to an activating group) is 1. The molecule has 0 bridgehead atoms. The van der Waals surface area contributed by atoms with Gasteiger partial charge in [0.05, 0.1) is 18.7 Å². The molecule has 0 aliphatic heterocycles. The van der Waals surface area contributed by atoms with E-state index in [1.807, 2.05) is 26.2 Å². The number of aryl methyl sites for hydroxylation is 1. The Labute approximate surface area is 158 Å². The van der Waals surface area contributed by atoms with Crippen LogP contribution in [0.3, 0.4) is 0 Å². The summed E-state index contributed by atoms with van der Waals surface area (Å²) in [5, 5.41) is 3.03. The highest BCUT2D eigenvalue weighted by atomic mass is 79.9. The largest absolute Gasteiger partial charge is 0.497 e. The third-order valence-electron chi connectivity index (χ3n) is 4.27. The molecule has 2 rings (SSSR count). The van der Waals surface area contributed by atoms with Crippen LogP contribution >= 0.6 is 15.9 Å². The average molecular weight is 405 g/mol. The maximum atomic E-state index is 12.6. The van der Waals surface area contributed by atoms with E-state index in [1.165, 1.54) is 11.1 Å². The number of benzene rings is 2. The van der Waals surface area contributed by atoms with Gasteiger partial charge in [0.2, 0.25) is 0 Å². The smallest absolute Gasteiger partial charge is 0.252 e. The molecule has 0 radical (unpaired) electrons. The first-order valence-corrected chi connectivity index (χ1v) is 9.12. The van der Waals surface area contributed by atoms with Crippen molar-refractivity contribution in [2.75, 3.05) is 27.7 Å². The average Bonchev–Trinajstić information content (AvgIpc) is 2.62. The molecule has 134 valence electrons. The molecular weight excluding hydrogens is 380 g/mol. The van der Waals surface area contributed by atoms with Crippen LogP contribution in [0.1, 0.15) is 34.5 Å². The summed E-state index contributed by atoms with van der Waals surface area (Å²) >= 11 is 3.43. The van der Waals surface area contributed by atoms with Crippen molar-refractivity contribution in [3.05, 3.63) is 63.6 Å². The van der Waals surface area contributed by atoms with Crippen molar-refractivity contribution in [3.8, 4) is 5.75 Å². The zero-order valence-corrected chi connectivity index (χ0v) is 16.8. The second-order valence-corrected chi connectivity index (χ2v) is 6.98. The second kappa shape index (κ2) is 9.02. The van der Waals surface area contributed by atoms with E-state index in [9.17, 15) is 4.79 Å². The van der Waals surface area contributed by atoms with Crippen LogP contribution in [0.5, 0.6) is 5.75 Å². The topological polar surface area (TPSA) is 41.6 Å². The molecule has 0 aromatic heterocycles. The molecule has 0 saturated heterocycles. The van der Waals surface area contributed by atoms with Crippen molar-refractivity contribution >= 4 is 21.8 Å². The van der Waals surface area contributed by atoms with Crippen LogP contribution in [0.2, 0.25) is 0 Å². The van der Waals surface area contributed by atoms with E-state index in [1.54, 1.807) is 13.2 Å². The monoisotopic (exact) mass is 404 g/mol. The summed E-state index contributed by atoms with van der Waals surface area (Å²) in [4.78, 5) is 14.7. The molecule has 0 aliphatic carbocycles. The quantitative estimate of drug-likeness (QED) is 0.756. The number of amides is 1. The van der Waals surface area contributed by atoms with Crippen LogP contribution in [-0.4, -0.2) is 38.6 Å². The molecule has 1 atom stereocenters. The summed E-state index contributed by atoms with van der Waals surface area (Å²) in [5.74, 6) is 0.537. The highest BCUT2D eigenvalue weighted by molar-refractivity contribution is 9.10. The van der Waals surface area contributed by atoms with Crippen LogP contribution in [0.4, 0.5) is 0 Å². The lowest BCUT2D eigenvalue weighted by molar-refractivity contribution is 0.0941. The van der Waals surface area contributed by atoms with Crippen LogP contribution < -0.4 is 10.1 Å². The maximum absolute atomic E-state index is 12.6. The van der Waals surface area contributed by atoms with Gasteiger partial charge in [0.25, 0.3) is 5.91 Å². The van der Waals surface area contributed by atoms with E-state index in [0.29, 0.717) is 17.9 Å². The lowest BCUT2D eigenvalue weighted by atomic mass is 10.0. The van der Waals surface area contributed by atoms with Crippen LogP contribution in [0.15, 0.2) is 46.9 Å². The molecule has 4 nitrogen and oxygen atoms in total. The zero-order chi connectivity index (χ0) is 18.4. The van der Waals surface area contributed by atoms with Crippen molar-refractivity contribution in [3.63, 3.8) is 0 Å². The Hall–Kier alpha value is -1.85. The summed E-state index contributed by atoms with van der Waals surface area (Å²) in [6.45, 7) is 2.67.